The normalized spacial score (nSPS) is 11.5. The van der Waals surface area contributed by atoms with Gasteiger partial charge in [0.15, 0.2) is 0 Å². The minimum Gasteiger partial charge on any atom is -0.261 e. The first-order chi connectivity index (χ1) is 24.1. The average molecular weight is 631 g/mol. The van der Waals surface area contributed by atoms with Gasteiger partial charge in [0.1, 0.15) is 0 Å². The summed E-state index contributed by atoms with van der Waals surface area (Å²) in [7, 11) is 0. The van der Waals surface area contributed by atoms with Crippen molar-refractivity contribution in [3.05, 3.63) is 191 Å². The molecule has 4 heterocycles. The van der Waals surface area contributed by atoms with Gasteiger partial charge in [-0.25, -0.2) is 0 Å². The lowest BCUT2D eigenvalue weighted by Crippen LogP contribution is -1.86. The number of hydrogen-bond donors (Lipinski definition) is 0. The molecule has 0 aliphatic carbocycles. The number of rotatable bonds is 9. The molecule has 0 unspecified atom stereocenters. The van der Waals surface area contributed by atoms with Crippen molar-refractivity contribution in [2.75, 3.05) is 0 Å². The van der Waals surface area contributed by atoms with E-state index in [9.17, 15) is 0 Å². The van der Waals surface area contributed by atoms with Crippen LogP contribution in [0.15, 0.2) is 152 Å². The molecule has 0 saturated heterocycles. The molecule has 0 fully saturated rings. The maximum Gasteiger partial charge on any atom is 0.0702 e. The first-order valence-corrected chi connectivity index (χ1v) is 16.3. The van der Waals surface area contributed by atoms with E-state index in [-0.39, 0.29) is 0 Å². The van der Waals surface area contributed by atoms with Crippen LogP contribution in [0.3, 0.4) is 0 Å². The van der Waals surface area contributed by atoms with E-state index in [1.807, 2.05) is 86.3 Å². The molecule has 4 heteroatoms. The Kier molecular flexibility index (Phi) is 9.47. The Morgan fingerprint density at radius 3 is 1.24 bits per heavy atom. The van der Waals surface area contributed by atoms with Gasteiger partial charge in [0, 0.05) is 52.7 Å². The van der Waals surface area contributed by atoms with Crippen molar-refractivity contribution in [3.8, 4) is 33.6 Å². The van der Waals surface area contributed by atoms with E-state index in [0.717, 1.165) is 72.8 Å². The highest BCUT2D eigenvalue weighted by Crippen LogP contribution is 2.22. The van der Waals surface area contributed by atoms with Crippen LogP contribution in [-0.4, -0.2) is 19.9 Å². The highest BCUT2D eigenvalue weighted by atomic mass is 14.7. The zero-order chi connectivity index (χ0) is 33.3. The first-order valence-electron chi connectivity index (χ1n) is 16.3. The minimum atomic E-state index is 0.885. The monoisotopic (exact) mass is 630 g/mol. The number of nitrogens with zero attached hydrogens (tertiary/aromatic N) is 4. The molecule has 0 aliphatic heterocycles. The van der Waals surface area contributed by atoms with Crippen molar-refractivity contribution in [1.82, 2.24) is 19.9 Å². The van der Waals surface area contributed by atoms with Gasteiger partial charge in [-0.15, -0.1) is 0 Å². The molecule has 0 spiro atoms. The fourth-order valence-electron chi connectivity index (χ4n) is 5.44. The summed E-state index contributed by atoms with van der Waals surface area (Å²) < 4.78 is 0. The largest absolute Gasteiger partial charge is 0.261 e. The molecule has 3 aromatic carbocycles. The minimum absolute atomic E-state index is 0.885. The van der Waals surface area contributed by atoms with Crippen LogP contribution in [0.5, 0.6) is 0 Å². The second-order valence-corrected chi connectivity index (χ2v) is 11.8. The molecule has 0 aliphatic rings. The van der Waals surface area contributed by atoms with Crippen LogP contribution in [-0.2, 0) is 0 Å². The van der Waals surface area contributed by atoms with Gasteiger partial charge in [0.05, 0.1) is 17.1 Å². The summed E-state index contributed by atoms with van der Waals surface area (Å²) in [6, 6.07) is 43.5. The van der Waals surface area contributed by atoms with Crippen molar-refractivity contribution in [1.29, 1.82) is 0 Å². The van der Waals surface area contributed by atoms with Crippen molar-refractivity contribution in [3.63, 3.8) is 0 Å². The first kappa shape index (κ1) is 31.1. The maximum atomic E-state index is 4.69. The van der Waals surface area contributed by atoms with E-state index in [2.05, 4.69) is 124 Å². The quantitative estimate of drug-likeness (QED) is 0.159. The number of aryl methyl sites for hydroxylation is 1. The number of aromatic nitrogens is 4. The van der Waals surface area contributed by atoms with Gasteiger partial charge < -0.3 is 0 Å². The Hall–Kier alpha value is -6.52. The summed E-state index contributed by atoms with van der Waals surface area (Å²) in [6.07, 6.45) is 20.2. The predicted octanol–water partition coefficient (Wildman–Crippen LogP) is 11.1. The fraction of sp³-hybridized carbons (Fsp3) is 0.0222. The van der Waals surface area contributed by atoms with Crippen LogP contribution < -0.4 is 0 Å². The third kappa shape index (κ3) is 8.26. The van der Waals surface area contributed by atoms with Crippen LogP contribution >= 0.6 is 0 Å². The Morgan fingerprint density at radius 1 is 0.347 bits per heavy atom. The van der Waals surface area contributed by atoms with Gasteiger partial charge in [0.2, 0.25) is 0 Å². The van der Waals surface area contributed by atoms with Crippen LogP contribution in [0.1, 0.15) is 39.2 Å². The molecular weight excluding hydrogens is 597 g/mol. The molecule has 4 nitrogen and oxygen atoms in total. The summed E-state index contributed by atoms with van der Waals surface area (Å²) >= 11 is 0. The zero-order valence-corrected chi connectivity index (χ0v) is 27.2. The lowest BCUT2D eigenvalue weighted by atomic mass is 10.0. The SMILES string of the molecule is Cc1ccc(-c2ccc(/C=C\c3cc(C=Cc4ccc(-c5ccccc5)nc4)cc(/C=C\c4ccc(-c5ccccc5)nc4)c3)nc2)cn1. The topological polar surface area (TPSA) is 51.6 Å². The Balaban J connectivity index is 1.14. The molecule has 0 radical (unpaired) electrons. The molecule has 7 rings (SSSR count). The van der Waals surface area contributed by atoms with Crippen LogP contribution in [0.4, 0.5) is 0 Å². The molecule has 7 aromatic rings. The van der Waals surface area contributed by atoms with E-state index in [1.54, 1.807) is 0 Å². The average Bonchev–Trinajstić information content (AvgIpc) is 3.17. The molecule has 49 heavy (non-hydrogen) atoms. The molecule has 0 amide bonds. The Morgan fingerprint density at radius 2 is 0.816 bits per heavy atom. The van der Waals surface area contributed by atoms with Crippen molar-refractivity contribution < 1.29 is 0 Å². The number of pyridine rings is 4. The fourth-order valence-corrected chi connectivity index (χ4v) is 5.44. The molecular formula is C45H34N4. The molecule has 0 saturated carbocycles. The smallest absolute Gasteiger partial charge is 0.0702 e. The summed E-state index contributed by atoms with van der Waals surface area (Å²) in [5.74, 6) is 0. The third-order valence-electron chi connectivity index (χ3n) is 8.13. The second-order valence-electron chi connectivity index (χ2n) is 11.8. The van der Waals surface area contributed by atoms with E-state index in [4.69, 9.17) is 4.98 Å². The third-order valence-corrected chi connectivity index (χ3v) is 8.13. The van der Waals surface area contributed by atoms with Crippen LogP contribution in [0.2, 0.25) is 0 Å². The molecule has 0 atom stereocenters. The van der Waals surface area contributed by atoms with E-state index in [1.165, 1.54) is 0 Å². The van der Waals surface area contributed by atoms with Gasteiger partial charge in [0.25, 0.3) is 0 Å². The van der Waals surface area contributed by atoms with E-state index in [0.29, 0.717) is 0 Å². The summed E-state index contributed by atoms with van der Waals surface area (Å²) in [6.45, 7) is 1.99. The zero-order valence-electron chi connectivity index (χ0n) is 27.2. The van der Waals surface area contributed by atoms with E-state index < -0.39 is 0 Å². The van der Waals surface area contributed by atoms with E-state index >= 15 is 0 Å². The summed E-state index contributed by atoms with van der Waals surface area (Å²) in [5.41, 5.74) is 13.4. The molecule has 0 N–H and O–H groups in total. The highest BCUT2D eigenvalue weighted by molar-refractivity contribution is 5.79. The van der Waals surface area contributed by atoms with Crippen LogP contribution in [0, 0.1) is 6.92 Å². The molecule has 234 valence electrons. The lowest BCUT2D eigenvalue weighted by molar-refractivity contribution is 1.20. The molecule has 4 aromatic heterocycles. The standard InChI is InChI=1S/C45H34N4/c1-33-12-20-41(31-46-33)42-21-23-43(47-32-42)22-17-38-27-36(15-13-34-18-24-44(48-29-34)39-8-4-2-5-9-39)26-37(28-38)16-14-35-19-25-45(49-30-35)40-10-6-3-7-11-40/h2-32H,1H3/b15-13-,16-14?,22-17-. The highest BCUT2D eigenvalue weighted by Gasteiger charge is 2.02. The Labute approximate surface area is 287 Å². The van der Waals surface area contributed by atoms with Gasteiger partial charge in [-0.1, -0.05) is 115 Å². The van der Waals surface area contributed by atoms with Gasteiger partial charge >= 0.3 is 0 Å². The Bertz CT molecular complexity index is 2110. The number of hydrogen-bond acceptors (Lipinski definition) is 4. The van der Waals surface area contributed by atoms with Crippen LogP contribution in [0.25, 0.3) is 70.1 Å². The van der Waals surface area contributed by atoms with Gasteiger partial charge in [-0.05, 0) is 83.3 Å². The second kappa shape index (κ2) is 14.9. The summed E-state index contributed by atoms with van der Waals surface area (Å²) in [5, 5.41) is 0. The van der Waals surface area contributed by atoms with Gasteiger partial charge in [-0.2, -0.15) is 0 Å². The number of benzene rings is 3. The van der Waals surface area contributed by atoms with Crippen molar-refractivity contribution in [2.45, 2.75) is 6.92 Å². The van der Waals surface area contributed by atoms with Gasteiger partial charge in [-0.3, -0.25) is 19.9 Å². The summed E-state index contributed by atoms with van der Waals surface area (Å²) in [4.78, 5) is 18.5. The maximum absolute atomic E-state index is 4.69. The van der Waals surface area contributed by atoms with Crippen molar-refractivity contribution in [2.24, 2.45) is 0 Å². The lowest BCUT2D eigenvalue weighted by Gasteiger charge is -2.04. The molecule has 0 bridgehead atoms. The van der Waals surface area contributed by atoms with Crippen molar-refractivity contribution >= 4 is 36.5 Å². The predicted molar refractivity (Wildman–Crippen MR) is 205 cm³/mol.